The van der Waals surface area contributed by atoms with Crippen molar-refractivity contribution in [3.05, 3.63) is 71.8 Å². The average Bonchev–Trinajstić information content (AvgIpc) is 2.55. The molecule has 0 atom stereocenters. The molecule has 0 unspecified atom stereocenters. The third-order valence-electron chi connectivity index (χ3n) is 3.09. The van der Waals surface area contributed by atoms with Crippen LogP contribution in [0.2, 0.25) is 0 Å². The first-order valence-electron chi connectivity index (χ1n) is 7.26. The van der Waals surface area contributed by atoms with E-state index in [0.29, 0.717) is 13.2 Å². The topological polar surface area (TPSA) is 27.7 Å². The quantitative estimate of drug-likeness (QED) is 0.494. The van der Waals surface area contributed by atoms with Crippen LogP contribution in [0, 0.1) is 0 Å². The molecular weight excluding hydrogens is 264 g/mol. The molecule has 3 heteroatoms. The first-order chi connectivity index (χ1) is 10.4. The second-order valence-electron chi connectivity index (χ2n) is 4.73. The van der Waals surface area contributed by atoms with Crippen molar-refractivity contribution in [3.63, 3.8) is 0 Å². The van der Waals surface area contributed by atoms with Gasteiger partial charge in [-0.15, -0.1) is 0 Å². The second kappa shape index (κ2) is 10.1. The van der Waals surface area contributed by atoms with Gasteiger partial charge in [-0.1, -0.05) is 60.7 Å². The molecule has 0 aromatic heterocycles. The highest BCUT2D eigenvalue weighted by Crippen LogP contribution is 2.00. The Morgan fingerprint density at radius 3 is 1.38 bits per heavy atom. The van der Waals surface area contributed by atoms with Gasteiger partial charge in [0, 0.05) is 0 Å². The maximum atomic E-state index is 5.40. The Hall–Kier alpha value is -1.68. The number of hydrogen-bond donors (Lipinski definition) is 0. The highest BCUT2D eigenvalue weighted by molar-refractivity contribution is 5.15. The molecule has 3 nitrogen and oxygen atoms in total. The van der Waals surface area contributed by atoms with Gasteiger partial charge in [0.25, 0.3) is 0 Å². The smallest absolute Gasteiger partial charge is 0.149 e. The van der Waals surface area contributed by atoms with Crippen molar-refractivity contribution >= 4 is 0 Å². The third kappa shape index (κ3) is 7.04. The van der Waals surface area contributed by atoms with Crippen LogP contribution >= 0.6 is 0 Å². The van der Waals surface area contributed by atoms with Gasteiger partial charge in [0.15, 0.2) is 0 Å². The maximum Gasteiger partial charge on any atom is 0.149 e. The van der Waals surface area contributed by atoms with E-state index in [-0.39, 0.29) is 13.6 Å². The molecule has 0 saturated carbocycles. The summed E-state index contributed by atoms with van der Waals surface area (Å²) in [5.41, 5.74) is 2.55. The average molecular weight is 286 g/mol. The SMILES string of the molecule is c1ccc(CCOCOCOCCc2ccccc2)cc1. The van der Waals surface area contributed by atoms with Crippen molar-refractivity contribution in [2.75, 3.05) is 26.8 Å². The minimum atomic E-state index is 0.276. The zero-order chi connectivity index (χ0) is 14.6. The molecule has 0 N–H and O–H groups in total. The van der Waals surface area contributed by atoms with E-state index in [1.165, 1.54) is 11.1 Å². The highest BCUT2D eigenvalue weighted by atomic mass is 16.7. The first kappa shape index (κ1) is 15.7. The predicted octanol–water partition coefficient (Wildman–Crippen LogP) is 3.44. The molecule has 2 rings (SSSR count). The molecule has 0 radical (unpaired) electrons. The lowest BCUT2D eigenvalue weighted by Gasteiger charge is -2.07. The van der Waals surface area contributed by atoms with Gasteiger partial charge in [-0.3, -0.25) is 0 Å². The van der Waals surface area contributed by atoms with E-state index < -0.39 is 0 Å². The summed E-state index contributed by atoms with van der Waals surface area (Å²) in [4.78, 5) is 0. The van der Waals surface area contributed by atoms with Gasteiger partial charge in [0.1, 0.15) is 13.6 Å². The fourth-order valence-corrected chi connectivity index (χ4v) is 1.94. The number of hydrogen-bond acceptors (Lipinski definition) is 3. The van der Waals surface area contributed by atoms with E-state index in [9.17, 15) is 0 Å². The maximum absolute atomic E-state index is 5.40. The van der Waals surface area contributed by atoms with E-state index >= 15 is 0 Å². The molecule has 112 valence electrons. The van der Waals surface area contributed by atoms with Gasteiger partial charge in [-0.05, 0) is 24.0 Å². The molecule has 0 aliphatic carbocycles. The molecule has 21 heavy (non-hydrogen) atoms. The summed E-state index contributed by atoms with van der Waals surface area (Å²) in [5.74, 6) is 0. The van der Waals surface area contributed by atoms with Crippen molar-refractivity contribution in [1.29, 1.82) is 0 Å². The van der Waals surface area contributed by atoms with Gasteiger partial charge in [-0.2, -0.15) is 0 Å². The minimum Gasteiger partial charge on any atom is -0.355 e. The van der Waals surface area contributed by atoms with E-state index in [2.05, 4.69) is 24.3 Å². The van der Waals surface area contributed by atoms with Crippen LogP contribution in [0.1, 0.15) is 11.1 Å². The Bertz CT molecular complexity index is 425. The van der Waals surface area contributed by atoms with Gasteiger partial charge in [-0.25, -0.2) is 0 Å². The van der Waals surface area contributed by atoms with Crippen LogP contribution in [0.4, 0.5) is 0 Å². The summed E-state index contributed by atoms with van der Waals surface area (Å²) in [7, 11) is 0. The molecule has 0 aliphatic rings. The monoisotopic (exact) mass is 286 g/mol. The largest absolute Gasteiger partial charge is 0.355 e. The predicted molar refractivity (Wildman–Crippen MR) is 83.0 cm³/mol. The Morgan fingerprint density at radius 1 is 0.524 bits per heavy atom. The summed E-state index contributed by atoms with van der Waals surface area (Å²) in [6, 6.07) is 20.5. The third-order valence-corrected chi connectivity index (χ3v) is 3.09. The summed E-state index contributed by atoms with van der Waals surface area (Å²) >= 11 is 0. The van der Waals surface area contributed by atoms with Gasteiger partial charge >= 0.3 is 0 Å². The molecule has 0 heterocycles. The van der Waals surface area contributed by atoms with Crippen LogP contribution in [0.3, 0.4) is 0 Å². The molecular formula is C18H22O3. The molecule has 0 saturated heterocycles. The summed E-state index contributed by atoms with van der Waals surface area (Å²) in [6.45, 7) is 1.87. The van der Waals surface area contributed by atoms with Crippen molar-refractivity contribution < 1.29 is 14.2 Å². The van der Waals surface area contributed by atoms with Crippen LogP contribution < -0.4 is 0 Å². The Labute approximate surface area is 126 Å². The van der Waals surface area contributed by atoms with Crippen LogP contribution in [0.5, 0.6) is 0 Å². The Kier molecular flexibility index (Phi) is 7.56. The molecule has 0 fully saturated rings. The lowest BCUT2D eigenvalue weighted by atomic mass is 10.2. The molecule has 0 bridgehead atoms. The standard InChI is InChI=1S/C18H22O3/c1-3-7-17(8-4-1)11-13-19-15-21-16-20-14-12-18-9-5-2-6-10-18/h1-10H,11-16H2. The summed E-state index contributed by atoms with van der Waals surface area (Å²) < 4.78 is 16.1. The lowest BCUT2D eigenvalue weighted by molar-refractivity contribution is -0.130. The van der Waals surface area contributed by atoms with Crippen molar-refractivity contribution in [1.82, 2.24) is 0 Å². The molecule has 2 aromatic rings. The molecule has 0 amide bonds. The summed E-state index contributed by atoms with van der Waals surface area (Å²) in [6.07, 6.45) is 1.80. The first-order valence-corrected chi connectivity index (χ1v) is 7.26. The van der Waals surface area contributed by atoms with Gasteiger partial charge < -0.3 is 14.2 Å². The highest BCUT2D eigenvalue weighted by Gasteiger charge is 1.94. The van der Waals surface area contributed by atoms with Gasteiger partial charge in [0.05, 0.1) is 13.2 Å². The van der Waals surface area contributed by atoms with Crippen LogP contribution in [0.25, 0.3) is 0 Å². The lowest BCUT2D eigenvalue weighted by Crippen LogP contribution is -2.08. The van der Waals surface area contributed by atoms with E-state index in [0.717, 1.165) is 12.8 Å². The molecule has 0 spiro atoms. The normalized spacial score (nSPS) is 10.7. The van der Waals surface area contributed by atoms with Crippen molar-refractivity contribution in [2.45, 2.75) is 12.8 Å². The number of ether oxygens (including phenoxy) is 3. The molecule has 2 aromatic carbocycles. The Morgan fingerprint density at radius 2 is 0.952 bits per heavy atom. The zero-order valence-electron chi connectivity index (χ0n) is 12.2. The molecule has 0 aliphatic heterocycles. The van der Waals surface area contributed by atoms with E-state index in [1.54, 1.807) is 0 Å². The van der Waals surface area contributed by atoms with E-state index in [4.69, 9.17) is 14.2 Å². The fourth-order valence-electron chi connectivity index (χ4n) is 1.94. The van der Waals surface area contributed by atoms with Gasteiger partial charge in [0.2, 0.25) is 0 Å². The minimum absolute atomic E-state index is 0.276. The van der Waals surface area contributed by atoms with Crippen molar-refractivity contribution in [2.24, 2.45) is 0 Å². The Balaban J connectivity index is 1.40. The van der Waals surface area contributed by atoms with Crippen LogP contribution in [-0.4, -0.2) is 26.8 Å². The second-order valence-corrected chi connectivity index (χ2v) is 4.73. The van der Waals surface area contributed by atoms with E-state index in [1.807, 2.05) is 36.4 Å². The summed E-state index contributed by atoms with van der Waals surface area (Å²) in [5, 5.41) is 0. The van der Waals surface area contributed by atoms with Crippen LogP contribution in [-0.2, 0) is 27.1 Å². The van der Waals surface area contributed by atoms with Crippen LogP contribution in [0.15, 0.2) is 60.7 Å². The fraction of sp³-hybridized carbons (Fsp3) is 0.333. The number of rotatable bonds is 10. The van der Waals surface area contributed by atoms with Crippen molar-refractivity contribution in [3.8, 4) is 0 Å². The zero-order valence-corrected chi connectivity index (χ0v) is 12.2. The number of benzene rings is 2.